The lowest BCUT2D eigenvalue weighted by molar-refractivity contribution is -0.142. The van der Waals surface area contributed by atoms with Gasteiger partial charge in [0.2, 0.25) is 5.91 Å². The molecule has 30 heavy (non-hydrogen) atoms. The number of rotatable bonds is 7. The van der Waals surface area contributed by atoms with E-state index in [9.17, 15) is 14.4 Å². The Labute approximate surface area is 177 Å². The largest absolute Gasteiger partial charge is 0.451 e. The first-order chi connectivity index (χ1) is 14.4. The Bertz CT molecular complexity index is 888. The number of hydrogen-bond donors (Lipinski definition) is 1. The predicted octanol–water partition coefficient (Wildman–Crippen LogP) is 3.34. The molecule has 160 valence electrons. The summed E-state index contributed by atoms with van der Waals surface area (Å²) in [5, 5.41) is 8.27. The van der Waals surface area contributed by atoms with Gasteiger partial charge in [0, 0.05) is 19.4 Å². The van der Waals surface area contributed by atoms with Crippen molar-refractivity contribution in [3.63, 3.8) is 0 Å². The number of allylic oxidation sites excluding steroid dienone is 1. The van der Waals surface area contributed by atoms with Crippen molar-refractivity contribution in [2.24, 2.45) is 5.10 Å². The molecule has 2 amide bonds. The number of carbonyl (C=O) groups is 3. The Hall–Kier alpha value is -2.96. The number of nitrogens with one attached hydrogen (secondary N) is 1. The molecule has 1 aromatic rings. The first kappa shape index (κ1) is 21.7. The van der Waals surface area contributed by atoms with Crippen molar-refractivity contribution in [3.8, 4) is 0 Å². The van der Waals surface area contributed by atoms with E-state index in [1.807, 2.05) is 32.0 Å². The summed E-state index contributed by atoms with van der Waals surface area (Å²) >= 11 is 0. The van der Waals surface area contributed by atoms with Gasteiger partial charge < -0.3 is 10.1 Å². The molecule has 0 fully saturated rings. The zero-order valence-corrected chi connectivity index (χ0v) is 17.7. The van der Waals surface area contributed by atoms with Crippen LogP contribution in [0.4, 0.5) is 5.69 Å². The van der Waals surface area contributed by atoms with Crippen LogP contribution in [0.15, 0.2) is 34.9 Å². The van der Waals surface area contributed by atoms with Gasteiger partial charge in [0.15, 0.2) is 6.61 Å². The fourth-order valence-corrected chi connectivity index (χ4v) is 3.60. The molecule has 1 N–H and O–H groups in total. The highest BCUT2D eigenvalue weighted by Gasteiger charge is 2.27. The van der Waals surface area contributed by atoms with Crippen molar-refractivity contribution in [2.75, 3.05) is 18.2 Å². The third-order valence-electron chi connectivity index (χ3n) is 5.35. The van der Waals surface area contributed by atoms with Crippen LogP contribution in [0.2, 0.25) is 0 Å². The lowest BCUT2D eigenvalue weighted by Crippen LogP contribution is -2.36. The van der Waals surface area contributed by atoms with Gasteiger partial charge in [0.05, 0.1) is 5.69 Å². The number of aryl methyl sites for hydroxylation is 2. The van der Waals surface area contributed by atoms with Gasteiger partial charge in [0.25, 0.3) is 5.91 Å². The van der Waals surface area contributed by atoms with Crippen molar-refractivity contribution in [2.45, 2.75) is 58.8 Å². The maximum absolute atomic E-state index is 12.4. The number of esters is 1. The Kier molecular flexibility index (Phi) is 7.38. The van der Waals surface area contributed by atoms with Crippen LogP contribution in [0.5, 0.6) is 0 Å². The van der Waals surface area contributed by atoms with Crippen LogP contribution in [0.1, 0.15) is 56.1 Å². The van der Waals surface area contributed by atoms with Gasteiger partial charge in [-0.1, -0.05) is 23.8 Å². The second-order valence-corrected chi connectivity index (χ2v) is 7.83. The lowest BCUT2D eigenvalue weighted by Gasteiger charge is -2.24. The average Bonchev–Trinajstić information content (AvgIpc) is 2.75. The van der Waals surface area contributed by atoms with Crippen LogP contribution in [0.25, 0.3) is 0 Å². The molecule has 0 spiro atoms. The number of ether oxygens (including phenoxy) is 1. The second kappa shape index (κ2) is 10.2. The molecule has 0 saturated heterocycles. The number of nitrogens with zero attached hydrogens (tertiary/aromatic N) is 2. The Morgan fingerprint density at radius 2 is 2.00 bits per heavy atom. The summed E-state index contributed by atoms with van der Waals surface area (Å²) in [5.41, 5.74) is 4.07. The normalized spacial score (nSPS) is 16.6. The molecule has 0 atom stereocenters. The smallest absolute Gasteiger partial charge is 0.355 e. The Balaban J connectivity index is 1.52. The monoisotopic (exact) mass is 411 g/mol. The van der Waals surface area contributed by atoms with E-state index in [1.165, 1.54) is 23.4 Å². The molecule has 0 radical (unpaired) electrons. The van der Waals surface area contributed by atoms with Crippen molar-refractivity contribution in [1.29, 1.82) is 0 Å². The molecule has 0 aromatic heterocycles. The van der Waals surface area contributed by atoms with E-state index in [4.69, 9.17) is 4.74 Å². The third kappa shape index (κ3) is 5.78. The van der Waals surface area contributed by atoms with E-state index in [0.717, 1.165) is 30.4 Å². The maximum Gasteiger partial charge on any atom is 0.355 e. The fraction of sp³-hybridized carbons (Fsp3) is 0.478. The average molecular weight is 412 g/mol. The molecule has 2 aliphatic rings. The minimum atomic E-state index is -0.664. The van der Waals surface area contributed by atoms with Gasteiger partial charge in [0.1, 0.15) is 5.71 Å². The molecule has 0 saturated carbocycles. The summed E-state index contributed by atoms with van der Waals surface area (Å²) in [6.45, 7) is 4.00. The van der Waals surface area contributed by atoms with Crippen LogP contribution in [-0.4, -0.2) is 36.6 Å². The molecular weight excluding hydrogens is 382 g/mol. The van der Waals surface area contributed by atoms with Crippen molar-refractivity contribution < 1.29 is 19.1 Å². The number of benzene rings is 1. The zero-order valence-electron chi connectivity index (χ0n) is 17.7. The Morgan fingerprint density at radius 1 is 1.17 bits per heavy atom. The van der Waals surface area contributed by atoms with Crippen molar-refractivity contribution in [3.05, 3.63) is 41.0 Å². The minimum Gasteiger partial charge on any atom is -0.451 e. The van der Waals surface area contributed by atoms with E-state index in [0.29, 0.717) is 12.2 Å². The van der Waals surface area contributed by atoms with Gasteiger partial charge >= 0.3 is 5.97 Å². The summed E-state index contributed by atoms with van der Waals surface area (Å²) in [6, 6.07) is 5.73. The number of carbonyl (C=O) groups excluding carboxylic acids is 3. The number of hydrazone groups is 1. The van der Waals surface area contributed by atoms with Crippen LogP contribution in [0, 0.1) is 13.8 Å². The van der Waals surface area contributed by atoms with E-state index in [2.05, 4.69) is 16.5 Å². The molecule has 1 aromatic carbocycles. The molecule has 7 heteroatoms. The molecule has 0 unspecified atom stereocenters. The quantitative estimate of drug-likeness (QED) is 0.551. The lowest BCUT2D eigenvalue weighted by atomic mass is 9.97. The standard InChI is InChI=1S/C23H29N3O4/c1-16-8-9-17(2)20(14-16)26-22(28)11-10-19(25-26)23(29)30-15-21(27)24-13-12-18-6-4-3-5-7-18/h6,8-9,14H,3-5,7,10-13,15H2,1-2H3,(H,24,27). The molecular formula is C23H29N3O4. The highest BCUT2D eigenvalue weighted by molar-refractivity contribution is 6.38. The van der Waals surface area contributed by atoms with Gasteiger partial charge in [-0.3, -0.25) is 9.59 Å². The van der Waals surface area contributed by atoms with Crippen LogP contribution in [-0.2, 0) is 19.1 Å². The zero-order chi connectivity index (χ0) is 21.5. The highest BCUT2D eigenvalue weighted by atomic mass is 16.5. The van der Waals surface area contributed by atoms with Gasteiger partial charge in [-0.15, -0.1) is 0 Å². The SMILES string of the molecule is Cc1ccc(C)c(N2N=C(C(=O)OCC(=O)NCCC3=CCCCC3)CCC2=O)c1. The second-order valence-electron chi connectivity index (χ2n) is 7.83. The number of anilines is 1. The summed E-state index contributed by atoms with van der Waals surface area (Å²) < 4.78 is 5.12. The summed E-state index contributed by atoms with van der Waals surface area (Å²) in [7, 11) is 0. The summed E-state index contributed by atoms with van der Waals surface area (Å²) in [5.74, 6) is -1.17. The van der Waals surface area contributed by atoms with Gasteiger partial charge in [-0.25, -0.2) is 4.79 Å². The summed E-state index contributed by atoms with van der Waals surface area (Å²) in [6.07, 6.45) is 8.12. The molecule has 0 bridgehead atoms. The molecule has 1 aliphatic carbocycles. The van der Waals surface area contributed by atoms with E-state index >= 15 is 0 Å². The molecule has 1 aliphatic heterocycles. The van der Waals surface area contributed by atoms with Gasteiger partial charge in [-0.2, -0.15) is 10.1 Å². The topological polar surface area (TPSA) is 88.1 Å². The van der Waals surface area contributed by atoms with E-state index in [-0.39, 0.29) is 37.0 Å². The summed E-state index contributed by atoms with van der Waals surface area (Å²) in [4.78, 5) is 36.7. The van der Waals surface area contributed by atoms with Crippen LogP contribution < -0.4 is 10.3 Å². The van der Waals surface area contributed by atoms with E-state index < -0.39 is 5.97 Å². The first-order valence-corrected chi connectivity index (χ1v) is 10.5. The fourth-order valence-electron chi connectivity index (χ4n) is 3.60. The molecule has 1 heterocycles. The first-order valence-electron chi connectivity index (χ1n) is 10.5. The minimum absolute atomic E-state index is 0.149. The third-order valence-corrected chi connectivity index (χ3v) is 5.35. The van der Waals surface area contributed by atoms with Gasteiger partial charge in [-0.05, 0) is 63.1 Å². The molecule has 3 rings (SSSR count). The van der Waals surface area contributed by atoms with Crippen LogP contribution >= 0.6 is 0 Å². The highest BCUT2D eigenvalue weighted by Crippen LogP contribution is 2.25. The van der Waals surface area contributed by atoms with E-state index in [1.54, 1.807) is 0 Å². The van der Waals surface area contributed by atoms with Crippen molar-refractivity contribution in [1.82, 2.24) is 5.32 Å². The van der Waals surface area contributed by atoms with Crippen molar-refractivity contribution >= 4 is 29.2 Å². The van der Waals surface area contributed by atoms with Crippen LogP contribution in [0.3, 0.4) is 0 Å². The number of amides is 2. The predicted molar refractivity (Wildman–Crippen MR) is 115 cm³/mol. The Morgan fingerprint density at radius 3 is 2.77 bits per heavy atom. The number of hydrogen-bond acceptors (Lipinski definition) is 5. The maximum atomic E-state index is 12.4. The molecule has 7 nitrogen and oxygen atoms in total.